The standard InChI is InChI=1S/C16H34.C2H6/c1-5-8-13-16(11-7-3)14-9-12-15(4)10-6-2;1-2/h15-16H,5-14H2,1-4H3;1-2H3. The molecule has 2 unspecified atom stereocenters. The van der Waals surface area contributed by atoms with Gasteiger partial charge in [-0.25, -0.2) is 0 Å². The highest BCUT2D eigenvalue weighted by Gasteiger charge is 2.08. The molecular formula is C18H40. The molecule has 0 saturated heterocycles. The molecule has 0 aromatic carbocycles. The summed E-state index contributed by atoms with van der Waals surface area (Å²) < 4.78 is 0. The van der Waals surface area contributed by atoms with Crippen LogP contribution in [-0.2, 0) is 0 Å². The Morgan fingerprint density at radius 3 is 1.67 bits per heavy atom. The van der Waals surface area contributed by atoms with Crippen LogP contribution in [0.4, 0.5) is 0 Å². The Bertz CT molecular complexity index is 128. The number of rotatable bonds is 11. The van der Waals surface area contributed by atoms with E-state index in [1.165, 1.54) is 64.2 Å². The highest BCUT2D eigenvalue weighted by molar-refractivity contribution is 4.61. The molecule has 0 spiro atoms. The zero-order valence-corrected chi connectivity index (χ0v) is 14.2. The van der Waals surface area contributed by atoms with Gasteiger partial charge in [0.15, 0.2) is 0 Å². The molecule has 0 aromatic heterocycles. The molecule has 0 bridgehead atoms. The smallest absolute Gasteiger partial charge is 0.0414 e. The normalized spacial score (nSPS) is 13.7. The first-order valence-electron chi connectivity index (χ1n) is 8.74. The van der Waals surface area contributed by atoms with Crippen LogP contribution in [-0.4, -0.2) is 0 Å². The molecule has 0 rings (SSSR count). The predicted octanol–water partition coefficient (Wildman–Crippen LogP) is 7.23. The zero-order chi connectivity index (χ0) is 14.2. The molecule has 0 saturated carbocycles. The van der Waals surface area contributed by atoms with E-state index in [4.69, 9.17) is 0 Å². The fourth-order valence-corrected chi connectivity index (χ4v) is 2.73. The lowest BCUT2D eigenvalue weighted by atomic mass is 9.89. The monoisotopic (exact) mass is 256 g/mol. The van der Waals surface area contributed by atoms with Gasteiger partial charge in [0.1, 0.15) is 0 Å². The molecule has 0 aliphatic rings. The van der Waals surface area contributed by atoms with Gasteiger partial charge in [-0.15, -0.1) is 0 Å². The Morgan fingerprint density at radius 1 is 0.611 bits per heavy atom. The Morgan fingerprint density at radius 2 is 1.17 bits per heavy atom. The van der Waals surface area contributed by atoms with Crippen LogP contribution in [0.5, 0.6) is 0 Å². The molecule has 0 heterocycles. The molecule has 112 valence electrons. The first kappa shape index (κ1) is 20.3. The number of hydrogen-bond donors (Lipinski definition) is 0. The van der Waals surface area contributed by atoms with Crippen LogP contribution in [0.3, 0.4) is 0 Å². The van der Waals surface area contributed by atoms with E-state index in [1.807, 2.05) is 13.8 Å². The van der Waals surface area contributed by atoms with Gasteiger partial charge in [-0.1, -0.05) is 106 Å². The largest absolute Gasteiger partial charge is 0.0683 e. The summed E-state index contributed by atoms with van der Waals surface area (Å²) in [5.41, 5.74) is 0. The molecule has 2 atom stereocenters. The van der Waals surface area contributed by atoms with E-state index >= 15 is 0 Å². The minimum Gasteiger partial charge on any atom is -0.0683 e. The van der Waals surface area contributed by atoms with Crippen molar-refractivity contribution >= 4 is 0 Å². The maximum Gasteiger partial charge on any atom is -0.0414 e. The minimum absolute atomic E-state index is 0.957. The number of unbranched alkanes of at least 4 members (excludes halogenated alkanes) is 1. The van der Waals surface area contributed by atoms with Crippen molar-refractivity contribution in [1.82, 2.24) is 0 Å². The summed E-state index contributed by atoms with van der Waals surface area (Å²) in [7, 11) is 0. The van der Waals surface area contributed by atoms with Crippen LogP contribution < -0.4 is 0 Å². The van der Waals surface area contributed by atoms with Gasteiger partial charge in [0, 0.05) is 0 Å². The van der Waals surface area contributed by atoms with Crippen molar-refractivity contribution in [1.29, 1.82) is 0 Å². The van der Waals surface area contributed by atoms with E-state index in [0.29, 0.717) is 0 Å². The first-order valence-corrected chi connectivity index (χ1v) is 8.74. The van der Waals surface area contributed by atoms with Crippen molar-refractivity contribution in [2.45, 2.75) is 106 Å². The molecule has 0 N–H and O–H groups in total. The van der Waals surface area contributed by atoms with Gasteiger partial charge in [0.2, 0.25) is 0 Å². The van der Waals surface area contributed by atoms with Crippen LogP contribution >= 0.6 is 0 Å². The van der Waals surface area contributed by atoms with Crippen molar-refractivity contribution < 1.29 is 0 Å². The van der Waals surface area contributed by atoms with Crippen molar-refractivity contribution in [3.8, 4) is 0 Å². The van der Waals surface area contributed by atoms with Crippen molar-refractivity contribution in [3.05, 3.63) is 0 Å². The van der Waals surface area contributed by atoms with E-state index in [2.05, 4.69) is 27.7 Å². The van der Waals surface area contributed by atoms with Crippen LogP contribution in [0.2, 0.25) is 0 Å². The molecule has 0 heteroatoms. The average Bonchev–Trinajstić information content (AvgIpc) is 2.38. The van der Waals surface area contributed by atoms with Crippen LogP contribution in [0.15, 0.2) is 0 Å². The zero-order valence-electron chi connectivity index (χ0n) is 14.2. The summed E-state index contributed by atoms with van der Waals surface area (Å²) >= 11 is 0. The van der Waals surface area contributed by atoms with Crippen molar-refractivity contribution in [3.63, 3.8) is 0 Å². The first-order chi connectivity index (χ1) is 8.74. The van der Waals surface area contributed by atoms with E-state index in [1.54, 1.807) is 0 Å². The summed E-state index contributed by atoms with van der Waals surface area (Å²) in [4.78, 5) is 0. The van der Waals surface area contributed by atoms with Gasteiger partial charge in [-0.05, 0) is 11.8 Å². The second-order valence-corrected chi connectivity index (χ2v) is 5.62. The van der Waals surface area contributed by atoms with Crippen molar-refractivity contribution in [2.24, 2.45) is 11.8 Å². The van der Waals surface area contributed by atoms with Gasteiger partial charge in [-0.3, -0.25) is 0 Å². The lowest BCUT2D eigenvalue weighted by Gasteiger charge is -2.17. The Hall–Kier alpha value is 0. The highest BCUT2D eigenvalue weighted by Crippen LogP contribution is 2.23. The third kappa shape index (κ3) is 14.1. The SMILES string of the molecule is CC.CCCCC(CCC)CCCC(C)CCC. The Balaban J connectivity index is 0. The third-order valence-electron chi connectivity index (χ3n) is 3.75. The molecule has 0 aromatic rings. The lowest BCUT2D eigenvalue weighted by molar-refractivity contribution is 0.363. The minimum atomic E-state index is 0.957. The Labute approximate surface area is 118 Å². The maximum atomic E-state index is 2.42. The molecule has 0 nitrogen and oxygen atoms in total. The topological polar surface area (TPSA) is 0 Å². The quantitative estimate of drug-likeness (QED) is 0.366. The lowest BCUT2D eigenvalue weighted by Crippen LogP contribution is -2.02. The van der Waals surface area contributed by atoms with Gasteiger partial charge in [0.05, 0.1) is 0 Å². The van der Waals surface area contributed by atoms with E-state index in [0.717, 1.165) is 11.8 Å². The molecule has 0 radical (unpaired) electrons. The second kappa shape index (κ2) is 17.0. The second-order valence-electron chi connectivity index (χ2n) is 5.62. The highest BCUT2D eigenvalue weighted by atomic mass is 14.1. The molecule has 0 amide bonds. The summed E-state index contributed by atoms with van der Waals surface area (Å²) in [5, 5.41) is 0. The summed E-state index contributed by atoms with van der Waals surface area (Å²) in [5.74, 6) is 1.98. The third-order valence-corrected chi connectivity index (χ3v) is 3.75. The predicted molar refractivity (Wildman–Crippen MR) is 87.2 cm³/mol. The Kier molecular flexibility index (Phi) is 19.2. The fourth-order valence-electron chi connectivity index (χ4n) is 2.73. The van der Waals surface area contributed by atoms with Gasteiger partial charge in [-0.2, -0.15) is 0 Å². The van der Waals surface area contributed by atoms with E-state index in [-0.39, 0.29) is 0 Å². The molecule has 0 aliphatic carbocycles. The van der Waals surface area contributed by atoms with Crippen LogP contribution in [0.25, 0.3) is 0 Å². The summed E-state index contributed by atoms with van der Waals surface area (Å²) in [6, 6.07) is 0. The van der Waals surface area contributed by atoms with Crippen LogP contribution in [0, 0.1) is 11.8 Å². The molecule has 0 aliphatic heterocycles. The van der Waals surface area contributed by atoms with E-state index in [9.17, 15) is 0 Å². The average molecular weight is 257 g/mol. The summed E-state index contributed by atoms with van der Waals surface area (Å²) in [6.07, 6.45) is 14.3. The molecule has 0 fully saturated rings. The fraction of sp³-hybridized carbons (Fsp3) is 1.00. The van der Waals surface area contributed by atoms with Gasteiger partial charge < -0.3 is 0 Å². The molecular weight excluding hydrogens is 216 g/mol. The van der Waals surface area contributed by atoms with Gasteiger partial charge in [0.25, 0.3) is 0 Å². The number of hydrogen-bond acceptors (Lipinski definition) is 0. The van der Waals surface area contributed by atoms with Gasteiger partial charge >= 0.3 is 0 Å². The van der Waals surface area contributed by atoms with E-state index < -0.39 is 0 Å². The molecule has 18 heavy (non-hydrogen) atoms. The van der Waals surface area contributed by atoms with Crippen molar-refractivity contribution in [2.75, 3.05) is 0 Å². The maximum absolute atomic E-state index is 2.42. The summed E-state index contributed by atoms with van der Waals surface area (Å²) in [6.45, 7) is 13.4. The van der Waals surface area contributed by atoms with Crippen LogP contribution in [0.1, 0.15) is 106 Å².